The Morgan fingerprint density at radius 2 is 1.41 bits per heavy atom. The largest absolute Gasteiger partial charge is 0.380 e. The molecule has 4 fully saturated rings. The van der Waals surface area contributed by atoms with Crippen LogP contribution in [0.3, 0.4) is 0 Å². The van der Waals surface area contributed by atoms with Crippen LogP contribution < -0.4 is 0 Å². The zero-order chi connectivity index (χ0) is 12.1. The highest BCUT2D eigenvalue weighted by atomic mass is 16.5. The lowest BCUT2D eigenvalue weighted by Crippen LogP contribution is -2.48. The smallest absolute Gasteiger partial charge is 0.0522 e. The van der Waals surface area contributed by atoms with Gasteiger partial charge < -0.3 is 4.74 Å². The van der Waals surface area contributed by atoms with E-state index in [1.54, 1.807) is 0 Å². The second-order valence-electron chi connectivity index (χ2n) is 8.47. The minimum atomic E-state index is 0.322. The zero-order valence-corrected chi connectivity index (χ0v) is 11.8. The third-order valence-corrected chi connectivity index (χ3v) is 5.11. The summed E-state index contributed by atoms with van der Waals surface area (Å²) in [6.07, 6.45) is 9.05. The molecule has 4 bridgehead atoms. The molecule has 4 rings (SSSR count). The summed E-state index contributed by atoms with van der Waals surface area (Å²) in [5, 5.41) is 0. The summed E-state index contributed by atoms with van der Waals surface area (Å²) in [5.41, 5.74) is 0.919. The molecule has 0 amide bonds. The van der Waals surface area contributed by atoms with E-state index in [0.717, 1.165) is 31.0 Å². The number of ether oxygens (including phenoxy) is 1. The van der Waals surface area contributed by atoms with Crippen LogP contribution in [0.5, 0.6) is 0 Å². The van der Waals surface area contributed by atoms with Crippen LogP contribution in [0.25, 0.3) is 0 Å². The molecule has 17 heavy (non-hydrogen) atoms. The second-order valence-corrected chi connectivity index (χ2v) is 8.47. The fourth-order valence-corrected chi connectivity index (χ4v) is 5.04. The van der Waals surface area contributed by atoms with Gasteiger partial charge in [-0.25, -0.2) is 0 Å². The Bertz CT molecular complexity index is 251. The molecule has 0 heterocycles. The number of hydrogen-bond donors (Lipinski definition) is 0. The molecular weight excluding hydrogens is 208 g/mol. The van der Waals surface area contributed by atoms with Gasteiger partial charge in [0.2, 0.25) is 0 Å². The van der Waals surface area contributed by atoms with Crippen molar-refractivity contribution in [3.05, 3.63) is 0 Å². The first-order valence-electron chi connectivity index (χ1n) is 7.52. The minimum absolute atomic E-state index is 0.322. The summed E-state index contributed by atoms with van der Waals surface area (Å²) in [7, 11) is 0. The van der Waals surface area contributed by atoms with E-state index in [9.17, 15) is 0 Å². The van der Waals surface area contributed by atoms with E-state index in [-0.39, 0.29) is 0 Å². The molecule has 0 unspecified atom stereocenters. The van der Waals surface area contributed by atoms with Crippen molar-refractivity contribution < 1.29 is 4.74 Å². The highest BCUT2D eigenvalue weighted by Crippen LogP contribution is 2.60. The predicted octanol–water partition coefficient (Wildman–Crippen LogP) is 4.27. The van der Waals surface area contributed by atoms with Crippen LogP contribution in [0.4, 0.5) is 0 Å². The molecule has 0 aromatic carbocycles. The van der Waals surface area contributed by atoms with Gasteiger partial charge in [0.25, 0.3) is 0 Å². The van der Waals surface area contributed by atoms with Gasteiger partial charge in [0.1, 0.15) is 0 Å². The predicted molar refractivity (Wildman–Crippen MR) is 70.9 cm³/mol. The van der Waals surface area contributed by atoms with Crippen LogP contribution in [0.15, 0.2) is 0 Å². The Labute approximate surface area is 106 Å². The molecule has 0 aromatic rings. The molecule has 0 saturated heterocycles. The zero-order valence-electron chi connectivity index (χ0n) is 11.8. The van der Waals surface area contributed by atoms with E-state index in [4.69, 9.17) is 4.74 Å². The van der Waals surface area contributed by atoms with E-state index in [0.29, 0.717) is 10.8 Å². The first kappa shape index (κ1) is 12.0. The number of hydrogen-bond acceptors (Lipinski definition) is 1. The Balaban J connectivity index is 1.59. The summed E-state index contributed by atoms with van der Waals surface area (Å²) in [6, 6.07) is 0. The summed E-state index contributed by atoms with van der Waals surface area (Å²) in [5.74, 6) is 3.17. The lowest BCUT2D eigenvalue weighted by atomic mass is 9.50. The molecule has 1 heteroatoms. The van der Waals surface area contributed by atoms with E-state index in [2.05, 4.69) is 20.8 Å². The SMILES string of the molecule is CC(C)(C)COCC12CC3CC(CC(C3)C1)C2. The lowest BCUT2D eigenvalue weighted by molar-refractivity contribution is -0.104. The Morgan fingerprint density at radius 3 is 1.82 bits per heavy atom. The highest BCUT2D eigenvalue weighted by molar-refractivity contribution is 5.01. The maximum absolute atomic E-state index is 6.08. The molecule has 98 valence electrons. The average Bonchev–Trinajstić information content (AvgIpc) is 2.11. The highest BCUT2D eigenvalue weighted by Gasteiger charge is 2.50. The maximum atomic E-state index is 6.08. The molecule has 0 aromatic heterocycles. The molecule has 4 saturated carbocycles. The van der Waals surface area contributed by atoms with Crippen LogP contribution in [0, 0.1) is 28.6 Å². The van der Waals surface area contributed by atoms with Crippen LogP contribution in [0.1, 0.15) is 59.3 Å². The van der Waals surface area contributed by atoms with Gasteiger partial charge in [0.05, 0.1) is 13.2 Å². The fourth-order valence-electron chi connectivity index (χ4n) is 5.04. The van der Waals surface area contributed by atoms with Gasteiger partial charge in [0, 0.05) is 0 Å². The van der Waals surface area contributed by atoms with E-state index >= 15 is 0 Å². The van der Waals surface area contributed by atoms with E-state index in [1.807, 2.05) is 0 Å². The molecular formula is C16H28O. The molecule has 1 nitrogen and oxygen atoms in total. The summed E-state index contributed by atoms with van der Waals surface area (Å²) >= 11 is 0. The van der Waals surface area contributed by atoms with Gasteiger partial charge in [-0.2, -0.15) is 0 Å². The quantitative estimate of drug-likeness (QED) is 0.711. The monoisotopic (exact) mass is 236 g/mol. The Hall–Kier alpha value is -0.0400. The van der Waals surface area contributed by atoms with Crippen molar-refractivity contribution in [3.63, 3.8) is 0 Å². The van der Waals surface area contributed by atoms with Gasteiger partial charge in [-0.15, -0.1) is 0 Å². The Morgan fingerprint density at radius 1 is 0.941 bits per heavy atom. The molecule has 4 aliphatic rings. The molecule has 4 aliphatic carbocycles. The van der Waals surface area contributed by atoms with Crippen molar-refractivity contribution in [3.8, 4) is 0 Å². The standard InChI is InChI=1S/C16H28O/c1-15(2,3)10-17-11-16-7-12-4-13(8-16)6-14(5-12)9-16/h12-14H,4-11H2,1-3H3. The molecule has 0 atom stereocenters. The van der Waals surface area contributed by atoms with Crippen molar-refractivity contribution >= 4 is 0 Å². The molecule has 0 radical (unpaired) electrons. The van der Waals surface area contributed by atoms with Gasteiger partial charge in [-0.05, 0) is 67.1 Å². The maximum Gasteiger partial charge on any atom is 0.0522 e. The third-order valence-electron chi connectivity index (χ3n) is 5.11. The van der Waals surface area contributed by atoms with Crippen LogP contribution >= 0.6 is 0 Å². The number of rotatable bonds is 3. The first-order chi connectivity index (χ1) is 7.94. The van der Waals surface area contributed by atoms with E-state index < -0.39 is 0 Å². The molecule has 0 N–H and O–H groups in total. The van der Waals surface area contributed by atoms with Crippen LogP contribution in [-0.4, -0.2) is 13.2 Å². The summed E-state index contributed by atoms with van der Waals surface area (Å²) in [6.45, 7) is 8.79. The van der Waals surface area contributed by atoms with E-state index in [1.165, 1.54) is 38.5 Å². The van der Waals surface area contributed by atoms with Crippen molar-refractivity contribution in [2.75, 3.05) is 13.2 Å². The van der Waals surface area contributed by atoms with Crippen molar-refractivity contribution in [2.45, 2.75) is 59.3 Å². The second kappa shape index (κ2) is 3.98. The minimum Gasteiger partial charge on any atom is -0.380 e. The first-order valence-corrected chi connectivity index (χ1v) is 7.52. The van der Waals surface area contributed by atoms with Gasteiger partial charge >= 0.3 is 0 Å². The average molecular weight is 236 g/mol. The summed E-state index contributed by atoms with van der Waals surface area (Å²) in [4.78, 5) is 0. The van der Waals surface area contributed by atoms with Crippen molar-refractivity contribution in [1.82, 2.24) is 0 Å². The van der Waals surface area contributed by atoms with Gasteiger partial charge in [-0.1, -0.05) is 20.8 Å². The van der Waals surface area contributed by atoms with Crippen LogP contribution in [0.2, 0.25) is 0 Å². The molecule has 0 aliphatic heterocycles. The lowest BCUT2D eigenvalue weighted by Gasteiger charge is -2.56. The van der Waals surface area contributed by atoms with Crippen molar-refractivity contribution in [1.29, 1.82) is 0 Å². The normalized spacial score (nSPS) is 44.3. The van der Waals surface area contributed by atoms with Gasteiger partial charge in [-0.3, -0.25) is 0 Å². The molecule has 0 spiro atoms. The van der Waals surface area contributed by atoms with Crippen molar-refractivity contribution in [2.24, 2.45) is 28.6 Å². The summed E-state index contributed by atoms with van der Waals surface area (Å²) < 4.78 is 6.08. The van der Waals surface area contributed by atoms with Crippen LogP contribution in [-0.2, 0) is 4.74 Å². The topological polar surface area (TPSA) is 9.23 Å². The Kier molecular flexibility index (Phi) is 2.81. The van der Waals surface area contributed by atoms with Gasteiger partial charge in [0.15, 0.2) is 0 Å². The third kappa shape index (κ3) is 2.54. The fraction of sp³-hybridized carbons (Fsp3) is 1.00.